The summed E-state index contributed by atoms with van der Waals surface area (Å²) in [6.07, 6.45) is 7.07. The van der Waals surface area contributed by atoms with E-state index in [1.165, 1.54) is 5.56 Å². The van der Waals surface area contributed by atoms with Gasteiger partial charge in [-0.05, 0) is 23.8 Å². The van der Waals surface area contributed by atoms with Gasteiger partial charge in [-0.25, -0.2) is 0 Å². The van der Waals surface area contributed by atoms with Crippen molar-refractivity contribution in [2.24, 2.45) is 0 Å². The molecule has 1 aliphatic heterocycles. The van der Waals surface area contributed by atoms with Crippen molar-refractivity contribution in [3.8, 4) is 0 Å². The van der Waals surface area contributed by atoms with Crippen LogP contribution in [-0.2, 0) is 10.8 Å². The second kappa shape index (κ2) is 6.06. The van der Waals surface area contributed by atoms with Crippen molar-refractivity contribution < 1.29 is 4.21 Å². The third kappa shape index (κ3) is 3.35. The molecule has 0 aromatic heterocycles. The molecule has 1 nitrogen and oxygen atoms in total. The Morgan fingerprint density at radius 1 is 1.25 bits per heavy atom. The van der Waals surface area contributed by atoms with Crippen molar-refractivity contribution in [3.63, 3.8) is 0 Å². The lowest BCUT2D eigenvalue weighted by atomic mass is 10.2. The maximum atomic E-state index is 11.6. The Labute approximate surface area is 103 Å². The van der Waals surface area contributed by atoms with Gasteiger partial charge in [0.05, 0.1) is 15.0 Å². The zero-order chi connectivity index (χ0) is 11.2. The average Bonchev–Trinajstić information content (AvgIpc) is 2.33. The summed E-state index contributed by atoms with van der Waals surface area (Å²) in [6, 6.07) is 10.1. The minimum absolute atomic E-state index is 0.763. The van der Waals surface area contributed by atoms with Gasteiger partial charge >= 0.3 is 0 Å². The van der Waals surface area contributed by atoms with Crippen molar-refractivity contribution >= 4 is 28.6 Å². The summed E-state index contributed by atoms with van der Waals surface area (Å²) in [5.41, 5.74) is 1.17. The second-order valence-electron chi connectivity index (χ2n) is 3.51. The summed E-state index contributed by atoms with van der Waals surface area (Å²) < 4.78 is 12.6. The molecule has 1 saturated heterocycles. The van der Waals surface area contributed by atoms with Gasteiger partial charge in [-0.2, -0.15) is 0 Å². The van der Waals surface area contributed by atoms with Crippen LogP contribution in [0.1, 0.15) is 12.0 Å². The number of benzene rings is 1. The van der Waals surface area contributed by atoms with Gasteiger partial charge in [0, 0.05) is 5.75 Å². The van der Waals surface area contributed by atoms with E-state index in [9.17, 15) is 4.21 Å². The Bertz CT molecular complexity index is 421. The van der Waals surface area contributed by atoms with E-state index in [2.05, 4.69) is 12.1 Å². The van der Waals surface area contributed by atoms with Gasteiger partial charge < -0.3 is 0 Å². The predicted molar refractivity (Wildman–Crippen MR) is 73.6 cm³/mol. The lowest BCUT2D eigenvalue weighted by molar-refractivity contribution is 0.686. The third-order valence-electron chi connectivity index (χ3n) is 2.26. The lowest BCUT2D eigenvalue weighted by Crippen LogP contribution is -2.06. The van der Waals surface area contributed by atoms with Crippen LogP contribution in [0.4, 0.5) is 0 Å². The molecule has 0 amide bonds. The van der Waals surface area contributed by atoms with E-state index in [4.69, 9.17) is 0 Å². The Morgan fingerprint density at radius 2 is 2.06 bits per heavy atom. The highest BCUT2D eigenvalue weighted by Crippen LogP contribution is 2.26. The van der Waals surface area contributed by atoms with Crippen LogP contribution >= 0.6 is 11.8 Å². The Balaban J connectivity index is 2.02. The highest BCUT2D eigenvalue weighted by Gasteiger charge is 2.12. The maximum absolute atomic E-state index is 11.6. The molecule has 0 aliphatic carbocycles. The smallest absolute Gasteiger partial charge is 0.0716 e. The molecule has 2 rings (SSSR count). The zero-order valence-electron chi connectivity index (χ0n) is 8.96. The Kier molecular flexibility index (Phi) is 4.43. The monoisotopic (exact) mass is 250 g/mol. The molecule has 84 valence electrons. The number of allylic oxidation sites excluding steroid dienone is 2. The first-order valence-electron chi connectivity index (χ1n) is 5.31. The molecule has 16 heavy (non-hydrogen) atoms. The molecule has 0 bridgehead atoms. The summed E-state index contributed by atoms with van der Waals surface area (Å²) in [4.78, 5) is 0. The van der Waals surface area contributed by atoms with Gasteiger partial charge in [-0.3, -0.25) is 4.21 Å². The summed E-state index contributed by atoms with van der Waals surface area (Å²) in [5.74, 6) is 1.91. The van der Waals surface area contributed by atoms with Crippen LogP contribution in [0, 0.1) is 0 Å². The summed E-state index contributed by atoms with van der Waals surface area (Å²) in [7, 11) is -0.763. The van der Waals surface area contributed by atoms with E-state index >= 15 is 0 Å². The Morgan fingerprint density at radius 3 is 2.81 bits per heavy atom. The molecule has 1 aliphatic rings. The van der Waals surface area contributed by atoms with Gasteiger partial charge in [-0.15, -0.1) is 11.8 Å². The summed E-state index contributed by atoms with van der Waals surface area (Å²) in [5, 5.41) is 0. The first-order valence-corrected chi connectivity index (χ1v) is 7.61. The van der Waals surface area contributed by atoms with Crippen molar-refractivity contribution in [1.82, 2.24) is 0 Å². The predicted octanol–water partition coefficient (Wildman–Crippen LogP) is 3.43. The minimum atomic E-state index is -0.763. The highest BCUT2D eigenvalue weighted by molar-refractivity contribution is 8.17. The standard InChI is InChI=1S/C13H14OS2/c14-16-11-5-10-15-13(16)9-4-8-12-6-2-1-3-7-12/h1-4,6-9H,5,10-11H2/b8-4+,13-9+. The maximum Gasteiger partial charge on any atom is 0.0716 e. The number of hydrogen-bond donors (Lipinski definition) is 0. The summed E-state index contributed by atoms with van der Waals surface area (Å²) in [6.45, 7) is 0. The second-order valence-corrected chi connectivity index (χ2v) is 6.44. The molecular formula is C13H14OS2. The van der Waals surface area contributed by atoms with E-state index in [0.717, 1.165) is 22.2 Å². The van der Waals surface area contributed by atoms with E-state index in [1.807, 2.05) is 36.4 Å². The molecule has 1 aromatic rings. The van der Waals surface area contributed by atoms with Crippen LogP contribution < -0.4 is 0 Å². The van der Waals surface area contributed by atoms with Crippen LogP contribution in [0.3, 0.4) is 0 Å². The molecule has 3 heteroatoms. The van der Waals surface area contributed by atoms with Crippen LogP contribution in [0.25, 0.3) is 6.08 Å². The fourth-order valence-corrected chi connectivity index (χ4v) is 4.17. The topological polar surface area (TPSA) is 17.1 Å². The van der Waals surface area contributed by atoms with E-state index in [0.29, 0.717) is 0 Å². The van der Waals surface area contributed by atoms with Crippen molar-refractivity contribution in [2.45, 2.75) is 6.42 Å². The normalized spacial score (nSPS) is 24.0. The largest absolute Gasteiger partial charge is 0.254 e. The van der Waals surface area contributed by atoms with E-state index in [1.54, 1.807) is 11.8 Å². The van der Waals surface area contributed by atoms with Crippen molar-refractivity contribution in [3.05, 3.63) is 52.3 Å². The molecule has 1 unspecified atom stereocenters. The molecule has 1 atom stereocenters. The van der Waals surface area contributed by atoms with Gasteiger partial charge in [0.2, 0.25) is 0 Å². The fourth-order valence-electron chi connectivity index (χ4n) is 1.46. The van der Waals surface area contributed by atoms with E-state index in [-0.39, 0.29) is 0 Å². The molecule has 1 aromatic carbocycles. The van der Waals surface area contributed by atoms with Crippen LogP contribution in [0.5, 0.6) is 0 Å². The van der Waals surface area contributed by atoms with Crippen LogP contribution in [0.2, 0.25) is 0 Å². The average molecular weight is 250 g/mol. The van der Waals surface area contributed by atoms with Gasteiger partial charge in [0.25, 0.3) is 0 Å². The third-order valence-corrected chi connectivity index (χ3v) is 5.33. The van der Waals surface area contributed by atoms with Gasteiger partial charge in [0.15, 0.2) is 0 Å². The molecule has 1 fully saturated rings. The molecule has 0 N–H and O–H groups in total. The SMILES string of the molecule is O=S1CCCS/C1=C\C=C\c1ccccc1. The highest BCUT2D eigenvalue weighted by atomic mass is 32.2. The first-order chi connectivity index (χ1) is 7.86. The molecule has 0 spiro atoms. The van der Waals surface area contributed by atoms with Crippen molar-refractivity contribution in [1.29, 1.82) is 0 Å². The summed E-state index contributed by atoms with van der Waals surface area (Å²) >= 11 is 1.72. The van der Waals surface area contributed by atoms with Gasteiger partial charge in [-0.1, -0.05) is 42.5 Å². The molecule has 0 radical (unpaired) electrons. The van der Waals surface area contributed by atoms with Crippen molar-refractivity contribution in [2.75, 3.05) is 11.5 Å². The van der Waals surface area contributed by atoms with E-state index < -0.39 is 10.8 Å². The number of hydrogen-bond acceptors (Lipinski definition) is 2. The lowest BCUT2D eigenvalue weighted by Gasteiger charge is -2.11. The Hall–Kier alpha value is -0.800. The quantitative estimate of drug-likeness (QED) is 0.800. The van der Waals surface area contributed by atoms with Crippen LogP contribution in [0.15, 0.2) is 46.7 Å². The number of thioether (sulfide) groups is 1. The minimum Gasteiger partial charge on any atom is -0.254 e. The number of rotatable bonds is 2. The van der Waals surface area contributed by atoms with Crippen LogP contribution in [-0.4, -0.2) is 15.7 Å². The molecule has 1 heterocycles. The van der Waals surface area contributed by atoms with Gasteiger partial charge in [0.1, 0.15) is 0 Å². The fraction of sp³-hybridized carbons (Fsp3) is 0.231. The first kappa shape index (κ1) is 11.7. The zero-order valence-corrected chi connectivity index (χ0v) is 10.6. The molecular weight excluding hydrogens is 236 g/mol. The molecule has 0 saturated carbocycles.